The molecule has 0 saturated carbocycles. The second kappa shape index (κ2) is 6.27. The normalized spacial score (nSPS) is 9.78. The van der Waals surface area contributed by atoms with Gasteiger partial charge in [-0.25, -0.2) is 0 Å². The van der Waals surface area contributed by atoms with Crippen LogP contribution in [0.5, 0.6) is 5.75 Å². The second-order valence-corrected chi connectivity index (χ2v) is 3.54. The smallest absolute Gasteiger partial charge is 0.119 e. The van der Waals surface area contributed by atoms with Gasteiger partial charge in [0.2, 0.25) is 0 Å². The molecular formula is C11H12N6O. The number of rotatable bonds is 6. The van der Waals surface area contributed by atoms with Crippen molar-refractivity contribution in [3.63, 3.8) is 0 Å². The lowest BCUT2D eigenvalue weighted by Crippen LogP contribution is -1.98. The van der Waals surface area contributed by atoms with E-state index in [1.54, 1.807) is 6.20 Å². The number of ether oxygens (including phenoxy) is 1. The number of aromatic amines is 1. The van der Waals surface area contributed by atoms with E-state index in [0.29, 0.717) is 19.6 Å². The Balaban J connectivity index is 1.86. The lowest BCUT2D eigenvalue weighted by molar-refractivity contribution is 0.313. The molecule has 7 nitrogen and oxygen atoms in total. The molecule has 1 N–H and O–H groups in total. The molecule has 0 amide bonds. The quantitative estimate of drug-likeness (QED) is 0.365. The summed E-state index contributed by atoms with van der Waals surface area (Å²) in [4.78, 5) is 2.67. The summed E-state index contributed by atoms with van der Waals surface area (Å²) in [6, 6.07) is 7.58. The Kier molecular flexibility index (Phi) is 4.16. The number of benzene rings is 1. The molecule has 0 aliphatic rings. The van der Waals surface area contributed by atoms with Gasteiger partial charge in [0.25, 0.3) is 0 Å². The molecule has 0 unspecified atom stereocenters. The first kappa shape index (κ1) is 11.9. The van der Waals surface area contributed by atoms with E-state index >= 15 is 0 Å². The lowest BCUT2D eigenvalue weighted by atomic mass is 10.2. The van der Waals surface area contributed by atoms with Crippen LogP contribution >= 0.6 is 0 Å². The molecule has 0 bridgehead atoms. The van der Waals surface area contributed by atoms with Gasteiger partial charge in [-0.2, -0.15) is 0 Å². The molecule has 0 aliphatic heterocycles. The molecule has 2 aromatic rings. The van der Waals surface area contributed by atoms with Gasteiger partial charge in [-0.15, -0.1) is 5.10 Å². The van der Waals surface area contributed by atoms with Crippen molar-refractivity contribution in [2.24, 2.45) is 5.11 Å². The highest BCUT2D eigenvalue weighted by Gasteiger charge is 2.00. The monoisotopic (exact) mass is 244 g/mol. The van der Waals surface area contributed by atoms with E-state index in [4.69, 9.17) is 10.3 Å². The molecule has 1 aromatic heterocycles. The number of nitrogens with zero attached hydrogens (tertiary/aromatic N) is 5. The lowest BCUT2D eigenvalue weighted by Gasteiger charge is -2.05. The molecule has 0 atom stereocenters. The minimum Gasteiger partial charge on any atom is -0.494 e. The molecule has 0 saturated heterocycles. The highest BCUT2D eigenvalue weighted by Crippen LogP contribution is 2.19. The van der Waals surface area contributed by atoms with Crippen LogP contribution in [-0.4, -0.2) is 28.6 Å². The summed E-state index contributed by atoms with van der Waals surface area (Å²) in [5, 5.41) is 13.7. The third-order valence-corrected chi connectivity index (χ3v) is 2.30. The Morgan fingerprint density at radius 3 is 2.83 bits per heavy atom. The fraction of sp³-hybridized carbons (Fsp3) is 0.273. The highest BCUT2D eigenvalue weighted by atomic mass is 16.5. The van der Waals surface area contributed by atoms with E-state index in [-0.39, 0.29) is 0 Å². The third-order valence-electron chi connectivity index (χ3n) is 2.30. The van der Waals surface area contributed by atoms with Crippen LogP contribution in [0.15, 0.2) is 35.6 Å². The van der Waals surface area contributed by atoms with Gasteiger partial charge in [-0.05, 0) is 36.2 Å². The zero-order valence-corrected chi connectivity index (χ0v) is 9.65. The third kappa shape index (κ3) is 3.23. The zero-order valence-electron chi connectivity index (χ0n) is 9.65. The average molecular weight is 244 g/mol. The molecule has 1 heterocycles. The van der Waals surface area contributed by atoms with Crippen LogP contribution in [0.25, 0.3) is 21.7 Å². The fourth-order valence-electron chi connectivity index (χ4n) is 1.43. The summed E-state index contributed by atoms with van der Waals surface area (Å²) in [6.07, 6.45) is 2.44. The number of H-pyrrole nitrogens is 1. The van der Waals surface area contributed by atoms with Gasteiger partial charge in [-0.1, -0.05) is 10.3 Å². The Morgan fingerprint density at radius 2 is 2.17 bits per heavy atom. The van der Waals surface area contributed by atoms with E-state index in [0.717, 1.165) is 17.0 Å². The van der Waals surface area contributed by atoms with Crippen molar-refractivity contribution in [3.8, 4) is 17.0 Å². The minimum atomic E-state index is 0.452. The van der Waals surface area contributed by atoms with Gasteiger partial charge < -0.3 is 4.74 Å². The van der Waals surface area contributed by atoms with E-state index in [1.165, 1.54) is 0 Å². The number of hydrogen-bond donors (Lipinski definition) is 1. The van der Waals surface area contributed by atoms with E-state index in [1.807, 2.05) is 24.3 Å². The van der Waals surface area contributed by atoms with Crippen LogP contribution in [-0.2, 0) is 0 Å². The van der Waals surface area contributed by atoms with Crippen LogP contribution in [0, 0.1) is 0 Å². The fourth-order valence-corrected chi connectivity index (χ4v) is 1.43. The Hall–Kier alpha value is -2.53. The van der Waals surface area contributed by atoms with Crippen molar-refractivity contribution < 1.29 is 4.74 Å². The van der Waals surface area contributed by atoms with Crippen molar-refractivity contribution in [2.75, 3.05) is 13.2 Å². The van der Waals surface area contributed by atoms with E-state index < -0.39 is 0 Å². The predicted molar refractivity (Wildman–Crippen MR) is 65.9 cm³/mol. The highest BCUT2D eigenvalue weighted by molar-refractivity contribution is 5.58. The van der Waals surface area contributed by atoms with Crippen molar-refractivity contribution in [1.82, 2.24) is 15.4 Å². The Labute approximate surface area is 103 Å². The maximum atomic E-state index is 8.11. The summed E-state index contributed by atoms with van der Waals surface area (Å²) in [7, 11) is 0. The number of azide groups is 1. The number of aromatic nitrogens is 3. The molecule has 92 valence electrons. The first-order chi connectivity index (χ1) is 8.90. The van der Waals surface area contributed by atoms with Crippen LogP contribution in [0.4, 0.5) is 0 Å². The molecule has 0 radical (unpaired) electrons. The molecule has 0 aliphatic carbocycles. The van der Waals surface area contributed by atoms with Crippen molar-refractivity contribution in [3.05, 3.63) is 40.9 Å². The van der Waals surface area contributed by atoms with Gasteiger partial charge in [-0.3, -0.25) is 5.10 Å². The maximum Gasteiger partial charge on any atom is 0.119 e. The van der Waals surface area contributed by atoms with Gasteiger partial charge in [0.1, 0.15) is 11.4 Å². The van der Waals surface area contributed by atoms with Crippen molar-refractivity contribution >= 4 is 0 Å². The SMILES string of the molecule is [N-]=[N+]=NCCCOc1ccc(-c2c[nH]nn2)cc1. The zero-order chi connectivity index (χ0) is 12.6. The molecule has 1 aromatic carbocycles. The molecule has 7 heteroatoms. The Morgan fingerprint density at radius 1 is 1.33 bits per heavy atom. The van der Waals surface area contributed by atoms with Crippen LogP contribution < -0.4 is 4.74 Å². The minimum absolute atomic E-state index is 0.452. The van der Waals surface area contributed by atoms with Crippen LogP contribution in [0.2, 0.25) is 0 Å². The molecule has 0 fully saturated rings. The second-order valence-electron chi connectivity index (χ2n) is 3.54. The number of nitrogens with one attached hydrogen (secondary N) is 1. The van der Waals surface area contributed by atoms with Gasteiger partial charge in [0.15, 0.2) is 0 Å². The summed E-state index contributed by atoms with van der Waals surface area (Å²) in [5.41, 5.74) is 9.88. The van der Waals surface area contributed by atoms with Crippen LogP contribution in [0.1, 0.15) is 6.42 Å². The largest absolute Gasteiger partial charge is 0.494 e. The summed E-state index contributed by atoms with van der Waals surface area (Å²) in [5.74, 6) is 0.781. The maximum absolute atomic E-state index is 8.11. The van der Waals surface area contributed by atoms with Crippen molar-refractivity contribution in [2.45, 2.75) is 6.42 Å². The van der Waals surface area contributed by atoms with Gasteiger partial charge in [0, 0.05) is 23.2 Å². The standard InChI is InChI=1S/C11H12N6O/c12-16-13-6-1-7-18-10-4-2-9(3-5-10)11-8-14-17-15-11/h2-5,8H,1,6-7H2,(H,14,15,17). The molecule has 18 heavy (non-hydrogen) atoms. The first-order valence-corrected chi connectivity index (χ1v) is 5.50. The Bertz CT molecular complexity index is 515. The van der Waals surface area contributed by atoms with Gasteiger partial charge >= 0.3 is 0 Å². The first-order valence-electron chi connectivity index (χ1n) is 5.50. The van der Waals surface area contributed by atoms with Gasteiger partial charge in [0.05, 0.1) is 6.61 Å². The molecular weight excluding hydrogens is 232 g/mol. The number of hydrogen-bond acceptors (Lipinski definition) is 4. The average Bonchev–Trinajstić information content (AvgIpc) is 2.93. The summed E-state index contributed by atoms with van der Waals surface area (Å²) < 4.78 is 5.50. The molecule has 0 spiro atoms. The molecule has 2 rings (SSSR count). The summed E-state index contributed by atoms with van der Waals surface area (Å²) in [6.45, 7) is 0.982. The summed E-state index contributed by atoms with van der Waals surface area (Å²) >= 11 is 0. The predicted octanol–water partition coefficient (Wildman–Crippen LogP) is 2.55. The van der Waals surface area contributed by atoms with Crippen LogP contribution in [0.3, 0.4) is 0 Å². The van der Waals surface area contributed by atoms with E-state index in [9.17, 15) is 0 Å². The van der Waals surface area contributed by atoms with Crippen molar-refractivity contribution in [1.29, 1.82) is 0 Å². The topological polar surface area (TPSA) is 99.6 Å². The van der Waals surface area contributed by atoms with E-state index in [2.05, 4.69) is 25.4 Å².